The average molecular weight is 480 g/mol. The second kappa shape index (κ2) is 8.37. The predicted molar refractivity (Wildman–Crippen MR) is 127 cm³/mol. The van der Waals surface area contributed by atoms with Gasteiger partial charge >= 0.3 is 0 Å². The fourth-order valence-electron chi connectivity index (χ4n) is 4.68. The van der Waals surface area contributed by atoms with Crippen LogP contribution in [0.4, 0.5) is 14.7 Å². The predicted octanol–water partition coefficient (Wildman–Crippen LogP) is 4.85. The van der Waals surface area contributed by atoms with E-state index in [-0.39, 0.29) is 23.8 Å². The number of hydrogen-bond acceptors (Lipinski definition) is 6. The highest BCUT2D eigenvalue weighted by molar-refractivity contribution is 5.91. The maximum atomic E-state index is 14.9. The fraction of sp³-hybridized carbons (Fsp3) is 0.440. The summed E-state index contributed by atoms with van der Waals surface area (Å²) in [7, 11) is 0. The largest absolute Gasteiger partial charge is 0.367 e. The second-order valence-electron chi connectivity index (χ2n) is 9.74. The SMILES string of the molecule is CC(C)n1ncc2c(-c3ccc(F)cc3F)nc(N3C[C@@H](C)O[C@H](c4cnn(C5CC5)c4)C3)nc21. The van der Waals surface area contributed by atoms with Gasteiger partial charge in [0.05, 0.1) is 42.2 Å². The van der Waals surface area contributed by atoms with Crippen LogP contribution >= 0.6 is 0 Å². The molecule has 0 N–H and O–H groups in total. The van der Waals surface area contributed by atoms with Crippen molar-refractivity contribution in [1.29, 1.82) is 0 Å². The van der Waals surface area contributed by atoms with Gasteiger partial charge in [-0.15, -0.1) is 0 Å². The number of nitrogens with zero attached hydrogens (tertiary/aromatic N) is 7. The Bertz CT molecular complexity index is 1390. The van der Waals surface area contributed by atoms with Gasteiger partial charge in [0.2, 0.25) is 5.95 Å². The number of benzene rings is 1. The Labute approximate surface area is 201 Å². The molecular weight excluding hydrogens is 452 g/mol. The smallest absolute Gasteiger partial charge is 0.228 e. The summed E-state index contributed by atoms with van der Waals surface area (Å²) < 4.78 is 38.6. The molecule has 0 amide bonds. The summed E-state index contributed by atoms with van der Waals surface area (Å²) in [5.74, 6) is -0.839. The van der Waals surface area contributed by atoms with Crippen LogP contribution in [0, 0.1) is 11.6 Å². The number of ether oxygens (including phenoxy) is 1. The summed E-state index contributed by atoms with van der Waals surface area (Å²) in [6.45, 7) is 7.16. The van der Waals surface area contributed by atoms with Gasteiger partial charge in [0.15, 0.2) is 5.65 Å². The molecule has 4 heterocycles. The summed E-state index contributed by atoms with van der Waals surface area (Å²) in [5, 5.41) is 9.62. The van der Waals surface area contributed by atoms with E-state index in [1.54, 1.807) is 10.9 Å². The summed E-state index contributed by atoms with van der Waals surface area (Å²) in [6.07, 6.45) is 7.65. The minimum absolute atomic E-state index is 0.0470. The van der Waals surface area contributed by atoms with Gasteiger partial charge in [-0.25, -0.2) is 18.4 Å². The maximum Gasteiger partial charge on any atom is 0.228 e. The molecular formula is C25H27F2N7O. The molecule has 0 bridgehead atoms. The van der Waals surface area contributed by atoms with Crippen molar-refractivity contribution >= 4 is 17.0 Å². The van der Waals surface area contributed by atoms with E-state index in [9.17, 15) is 8.78 Å². The lowest BCUT2D eigenvalue weighted by atomic mass is 10.1. The van der Waals surface area contributed by atoms with Crippen LogP contribution in [-0.2, 0) is 4.74 Å². The third-order valence-corrected chi connectivity index (χ3v) is 6.57. The van der Waals surface area contributed by atoms with E-state index in [0.29, 0.717) is 41.8 Å². The van der Waals surface area contributed by atoms with Gasteiger partial charge in [0.25, 0.3) is 0 Å². The van der Waals surface area contributed by atoms with Crippen LogP contribution < -0.4 is 4.90 Å². The van der Waals surface area contributed by atoms with Crippen LogP contribution in [0.25, 0.3) is 22.3 Å². The zero-order valence-corrected chi connectivity index (χ0v) is 19.9. The Balaban J connectivity index is 1.43. The lowest BCUT2D eigenvalue weighted by Crippen LogP contribution is -2.43. The highest BCUT2D eigenvalue weighted by Gasteiger charge is 2.32. The molecule has 0 unspecified atom stereocenters. The van der Waals surface area contributed by atoms with E-state index in [1.807, 2.05) is 31.6 Å². The van der Waals surface area contributed by atoms with E-state index in [4.69, 9.17) is 14.7 Å². The molecule has 1 aliphatic heterocycles. The van der Waals surface area contributed by atoms with Crippen LogP contribution in [-0.4, -0.2) is 48.7 Å². The molecule has 2 fully saturated rings. The van der Waals surface area contributed by atoms with Gasteiger partial charge in [0, 0.05) is 36.0 Å². The molecule has 8 nitrogen and oxygen atoms in total. The number of halogens is 2. The Kier molecular flexibility index (Phi) is 5.28. The van der Waals surface area contributed by atoms with Gasteiger partial charge < -0.3 is 9.64 Å². The van der Waals surface area contributed by atoms with Gasteiger partial charge in [-0.2, -0.15) is 15.2 Å². The minimum atomic E-state index is -0.672. The van der Waals surface area contributed by atoms with E-state index >= 15 is 0 Å². The van der Waals surface area contributed by atoms with E-state index < -0.39 is 11.6 Å². The second-order valence-corrected chi connectivity index (χ2v) is 9.74. The molecule has 10 heteroatoms. The van der Waals surface area contributed by atoms with Crippen molar-refractivity contribution in [2.75, 3.05) is 18.0 Å². The molecule has 0 radical (unpaired) electrons. The first-order valence-electron chi connectivity index (χ1n) is 12.0. The standard InChI is InChI=1S/C25H27F2N7O/c1-14(2)34-24-20(10-29-34)23(19-7-4-17(26)8-21(19)27)30-25(31-24)32-11-15(3)35-22(13-32)16-9-28-33(12-16)18-5-6-18/h4,7-10,12,14-15,18,22H,5-6,11,13H2,1-3H3/t15-,22+/m1/s1. The lowest BCUT2D eigenvalue weighted by molar-refractivity contribution is -0.0178. The zero-order chi connectivity index (χ0) is 24.3. The van der Waals surface area contributed by atoms with Crippen molar-refractivity contribution in [2.45, 2.75) is 57.9 Å². The lowest BCUT2D eigenvalue weighted by Gasteiger charge is -2.36. The quantitative estimate of drug-likeness (QED) is 0.407. The number of anilines is 1. The molecule has 2 aliphatic rings. The highest BCUT2D eigenvalue weighted by atomic mass is 19.1. The molecule has 2 atom stereocenters. The summed E-state index contributed by atoms with van der Waals surface area (Å²) in [5.41, 5.74) is 2.24. The van der Waals surface area contributed by atoms with Crippen LogP contribution in [0.1, 0.15) is 57.4 Å². The Hall–Kier alpha value is -3.40. The highest BCUT2D eigenvalue weighted by Crippen LogP contribution is 2.36. The minimum Gasteiger partial charge on any atom is -0.367 e. The molecule has 6 rings (SSSR count). The van der Waals surface area contributed by atoms with Crippen molar-refractivity contribution in [3.63, 3.8) is 0 Å². The molecule has 0 spiro atoms. The number of hydrogen-bond donors (Lipinski definition) is 0. The van der Waals surface area contributed by atoms with Gasteiger partial charge in [-0.1, -0.05) is 0 Å². The van der Waals surface area contributed by atoms with Gasteiger partial charge in [-0.3, -0.25) is 4.68 Å². The van der Waals surface area contributed by atoms with Crippen LogP contribution in [0.3, 0.4) is 0 Å². The third-order valence-electron chi connectivity index (χ3n) is 6.57. The first-order valence-corrected chi connectivity index (χ1v) is 12.0. The topological polar surface area (TPSA) is 73.9 Å². The number of rotatable bonds is 5. The summed E-state index contributed by atoms with van der Waals surface area (Å²) in [6, 6.07) is 4.07. The van der Waals surface area contributed by atoms with Crippen LogP contribution in [0.15, 0.2) is 36.8 Å². The fourth-order valence-corrected chi connectivity index (χ4v) is 4.68. The first-order chi connectivity index (χ1) is 16.9. The zero-order valence-electron chi connectivity index (χ0n) is 19.9. The molecule has 35 heavy (non-hydrogen) atoms. The molecule has 4 aromatic rings. The van der Waals surface area contributed by atoms with Crippen molar-refractivity contribution in [3.05, 3.63) is 54.0 Å². The van der Waals surface area contributed by atoms with E-state index in [0.717, 1.165) is 24.5 Å². The molecule has 3 aromatic heterocycles. The average Bonchev–Trinajstić information content (AvgIpc) is 3.38. The summed E-state index contributed by atoms with van der Waals surface area (Å²) >= 11 is 0. The molecule has 1 saturated carbocycles. The molecule has 1 aliphatic carbocycles. The van der Waals surface area contributed by atoms with E-state index in [1.165, 1.54) is 12.1 Å². The molecule has 182 valence electrons. The van der Waals surface area contributed by atoms with Crippen LogP contribution in [0.2, 0.25) is 0 Å². The Morgan fingerprint density at radius 3 is 2.63 bits per heavy atom. The van der Waals surface area contributed by atoms with Crippen LogP contribution in [0.5, 0.6) is 0 Å². The monoisotopic (exact) mass is 479 g/mol. The van der Waals surface area contributed by atoms with Crippen molar-refractivity contribution < 1.29 is 13.5 Å². The van der Waals surface area contributed by atoms with Crippen molar-refractivity contribution in [3.8, 4) is 11.3 Å². The first kappa shape index (κ1) is 22.1. The summed E-state index contributed by atoms with van der Waals surface area (Å²) in [4.78, 5) is 11.7. The Morgan fingerprint density at radius 2 is 1.89 bits per heavy atom. The van der Waals surface area contributed by atoms with Gasteiger partial charge in [0.1, 0.15) is 17.7 Å². The maximum absolute atomic E-state index is 14.9. The normalized spacial score (nSPS) is 20.8. The molecule has 1 aromatic carbocycles. The Morgan fingerprint density at radius 1 is 1.06 bits per heavy atom. The number of aromatic nitrogens is 6. The molecule has 1 saturated heterocycles. The third kappa shape index (κ3) is 4.05. The van der Waals surface area contributed by atoms with Crippen molar-refractivity contribution in [2.24, 2.45) is 0 Å². The number of morpholine rings is 1. The number of fused-ring (bicyclic) bond motifs is 1. The van der Waals surface area contributed by atoms with Crippen molar-refractivity contribution in [1.82, 2.24) is 29.5 Å². The van der Waals surface area contributed by atoms with E-state index in [2.05, 4.69) is 21.3 Å². The van der Waals surface area contributed by atoms with Gasteiger partial charge in [-0.05, 0) is 45.7 Å².